The third-order valence-electron chi connectivity index (χ3n) is 4.48. The topological polar surface area (TPSA) is 84.9 Å². The minimum Gasteiger partial charge on any atom is -0.534 e. The van der Waals surface area contributed by atoms with Crippen LogP contribution in [0.1, 0.15) is 55.5 Å². The van der Waals surface area contributed by atoms with Crippen LogP contribution in [0, 0.1) is 5.92 Å². The minimum atomic E-state index is -4.31. The second kappa shape index (κ2) is 10.0. The van der Waals surface area contributed by atoms with Gasteiger partial charge in [0.2, 0.25) is 5.91 Å². The van der Waals surface area contributed by atoms with E-state index in [1.807, 2.05) is 13.8 Å². The number of esters is 1. The Morgan fingerprint density at radius 1 is 1.38 bits per heavy atom. The molecular formula is C19H25BF3NO5. The smallest absolute Gasteiger partial charge is 0.534 e. The van der Waals surface area contributed by atoms with Crippen LogP contribution in [0.3, 0.4) is 0 Å². The molecule has 0 fully saturated rings. The number of carbonyl (C=O) groups is 2. The van der Waals surface area contributed by atoms with E-state index in [0.717, 1.165) is 0 Å². The van der Waals surface area contributed by atoms with Crippen molar-refractivity contribution in [3.63, 3.8) is 0 Å². The predicted molar refractivity (Wildman–Crippen MR) is 100 cm³/mol. The van der Waals surface area contributed by atoms with Crippen molar-refractivity contribution in [1.82, 2.24) is 5.32 Å². The number of halogens is 3. The van der Waals surface area contributed by atoms with Gasteiger partial charge in [-0.05, 0) is 36.8 Å². The van der Waals surface area contributed by atoms with Gasteiger partial charge in [-0.2, -0.15) is 13.2 Å². The average molecular weight is 415 g/mol. The Kier molecular flexibility index (Phi) is 7.95. The van der Waals surface area contributed by atoms with Crippen molar-refractivity contribution in [1.29, 1.82) is 0 Å². The zero-order chi connectivity index (χ0) is 21.6. The summed E-state index contributed by atoms with van der Waals surface area (Å²) < 4.78 is 47.2. The summed E-state index contributed by atoms with van der Waals surface area (Å²) in [4.78, 5) is 24.2. The molecule has 2 N–H and O–H groups in total. The standard InChI is InChI=1S/C19H25BF3NO5/c1-12(2)8-10-28-18(26)14-6-3-5-13-11-15(20(27)29-17(13)14)24-16(25)7-4-9-19(21,22)23/h3,5-6,12,15,27H,4,7-11H2,1-2H3,(H,24,25)/t15-/m0/s1. The maximum absolute atomic E-state index is 12.3. The first-order valence-electron chi connectivity index (χ1n) is 9.56. The van der Waals surface area contributed by atoms with Crippen LogP contribution in [-0.2, 0) is 16.0 Å². The number of nitrogens with one attached hydrogen (secondary N) is 1. The highest BCUT2D eigenvalue weighted by Crippen LogP contribution is 2.31. The van der Waals surface area contributed by atoms with E-state index >= 15 is 0 Å². The van der Waals surface area contributed by atoms with E-state index in [9.17, 15) is 27.8 Å². The summed E-state index contributed by atoms with van der Waals surface area (Å²) in [6, 6.07) is 4.86. The van der Waals surface area contributed by atoms with Crippen LogP contribution in [0.25, 0.3) is 0 Å². The second-order valence-corrected chi connectivity index (χ2v) is 7.47. The van der Waals surface area contributed by atoms with Gasteiger partial charge in [0.1, 0.15) is 11.3 Å². The molecule has 0 unspecified atom stereocenters. The van der Waals surface area contributed by atoms with Crippen LogP contribution in [0.4, 0.5) is 13.2 Å². The number of fused-ring (bicyclic) bond motifs is 1. The van der Waals surface area contributed by atoms with Gasteiger partial charge in [-0.25, -0.2) is 4.79 Å². The average Bonchev–Trinajstić information content (AvgIpc) is 2.60. The van der Waals surface area contributed by atoms with Gasteiger partial charge in [-0.15, -0.1) is 0 Å². The molecule has 0 spiro atoms. The van der Waals surface area contributed by atoms with Crippen LogP contribution in [0.5, 0.6) is 5.75 Å². The summed E-state index contributed by atoms with van der Waals surface area (Å²) in [5.41, 5.74) is 0.773. The van der Waals surface area contributed by atoms with E-state index in [2.05, 4.69) is 5.32 Å². The fraction of sp³-hybridized carbons (Fsp3) is 0.579. The Morgan fingerprint density at radius 3 is 2.76 bits per heavy atom. The summed E-state index contributed by atoms with van der Waals surface area (Å²) in [5, 5.41) is 12.7. The Bertz CT molecular complexity index is 726. The Labute approximate surface area is 167 Å². The molecule has 1 atom stereocenters. The van der Waals surface area contributed by atoms with Crippen molar-refractivity contribution < 1.29 is 37.2 Å². The zero-order valence-corrected chi connectivity index (χ0v) is 16.4. The summed E-state index contributed by atoms with van der Waals surface area (Å²) in [6.45, 7) is 4.28. The third kappa shape index (κ3) is 7.27. The van der Waals surface area contributed by atoms with Gasteiger partial charge >= 0.3 is 19.3 Å². The zero-order valence-electron chi connectivity index (χ0n) is 16.4. The predicted octanol–water partition coefficient (Wildman–Crippen LogP) is 3.06. The van der Waals surface area contributed by atoms with Crippen LogP contribution in [0.15, 0.2) is 18.2 Å². The van der Waals surface area contributed by atoms with Crippen molar-refractivity contribution in [2.75, 3.05) is 6.61 Å². The largest absolute Gasteiger partial charge is 0.547 e. The fourth-order valence-corrected chi connectivity index (χ4v) is 2.90. The maximum atomic E-state index is 12.3. The summed E-state index contributed by atoms with van der Waals surface area (Å²) >= 11 is 0. The van der Waals surface area contributed by atoms with Crippen molar-refractivity contribution in [3.05, 3.63) is 29.3 Å². The molecule has 0 saturated heterocycles. The van der Waals surface area contributed by atoms with Gasteiger partial charge in [-0.1, -0.05) is 26.0 Å². The fourth-order valence-electron chi connectivity index (χ4n) is 2.90. The lowest BCUT2D eigenvalue weighted by molar-refractivity contribution is -0.137. The molecule has 1 aromatic carbocycles. The first-order valence-corrected chi connectivity index (χ1v) is 9.56. The number of carbonyl (C=O) groups excluding carboxylic acids is 2. The lowest BCUT2D eigenvalue weighted by Crippen LogP contribution is -2.53. The van der Waals surface area contributed by atoms with Crippen LogP contribution in [0.2, 0.25) is 0 Å². The molecule has 160 valence electrons. The molecule has 0 aromatic heterocycles. The van der Waals surface area contributed by atoms with Crippen LogP contribution < -0.4 is 9.97 Å². The minimum absolute atomic E-state index is 0.175. The van der Waals surface area contributed by atoms with E-state index in [1.54, 1.807) is 12.1 Å². The lowest BCUT2D eigenvalue weighted by Gasteiger charge is -2.29. The molecule has 1 aromatic rings. The van der Waals surface area contributed by atoms with E-state index in [-0.39, 0.29) is 37.2 Å². The summed E-state index contributed by atoms with van der Waals surface area (Å²) in [5.74, 6) is -1.42. The molecule has 0 saturated carbocycles. The highest BCUT2D eigenvalue weighted by Gasteiger charge is 2.38. The molecule has 2 rings (SSSR count). The summed E-state index contributed by atoms with van der Waals surface area (Å²) in [6.07, 6.45) is -5.11. The molecular weight excluding hydrogens is 390 g/mol. The molecule has 10 heteroatoms. The molecule has 0 aliphatic carbocycles. The normalized spacial score (nSPS) is 16.2. The number of alkyl halides is 3. The van der Waals surface area contributed by atoms with Gasteiger partial charge in [0.05, 0.1) is 12.5 Å². The molecule has 6 nitrogen and oxygen atoms in total. The van der Waals surface area contributed by atoms with Gasteiger partial charge in [0.15, 0.2) is 0 Å². The number of hydrogen-bond acceptors (Lipinski definition) is 5. The van der Waals surface area contributed by atoms with E-state index in [4.69, 9.17) is 9.39 Å². The van der Waals surface area contributed by atoms with Crippen molar-refractivity contribution in [2.24, 2.45) is 5.92 Å². The van der Waals surface area contributed by atoms with E-state index < -0.39 is 37.5 Å². The molecule has 29 heavy (non-hydrogen) atoms. The first kappa shape index (κ1) is 23.1. The number of amides is 1. The third-order valence-corrected chi connectivity index (χ3v) is 4.48. The lowest BCUT2D eigenvalue weighted by atomic mass is 9.72. The van der Waals surface area contributed by atoms with Crippen LogP contribution >= 0.6 is 0 Å². The SMILES string of the molecule is CC(C)CCOC(=O)c1cccc2c1OB(O)[C@@H](NC(=O)CCCC(F)(F)F)C2. The van der Waals surface area contributed by atoms with Gasteiger partial charge in [-0.3, -0.25) is 4.79 Å². The maximum Gasteiger partial charge on any atom is 0.547 e. The molecule has 1 aliphatic rings. The number of ether oxygens (including phenoxy) is 1. The summed E-state index contributed by atoms with van der Waals surface area (Å²) in [7, 11) is -1.43. The molecule has 1 heterocycles. The number of hydrogen-bond donors (Lipinski definition) is 2. The van der Waals surface area contributed by atoms with Gasteiger partial charge in [0, 0.05) is 12.8 Å². The quantitative estimate of drug-likeness (QED) is 0.504. The number of benzene rings is 1. The Hall–Kier alpha value is -2.23. The van der Waals surface area contributed by atoms with Gasteiger partial charge < -0.3 is 19.7 Å². The van der Waals surface area contributed by atoms with E-state index in [0.29, 0.717) is 17.9 Å². The molecule has 0 radical (unpaired) electrons. The number of rotatable bonds is 8. The highest BCUT2D eigenvalue weighted by molar-refractivity contribution is 6.47. The second-order valence-electron chi connectivity index (χ2n) is 7.47. The first-order chi connectivity index (χ1) is 13.6. The monoisotopic (exact) mass is 415 g/mol. The Balaban J connectivity index is 1.97. The molecule has 1 aliphatic heterocycles. The van der Waals surface area contributed by atoms with Crippen molar-refractivity contribution in [2.45, 2.75) is 58.1 Å². The van der Waals surface area contributed by atoms with E-state index in [1.165, 1.54) is 6.07 Å². The van der Waals surface area contributed by atoms with Crippen molar-refractivity contribution >= 4 is 19.0 Å². The Morgan fingerprint density at radius 2 is 2.10 bits per heavy atom. The van der Waals surface area contributed by atoms with Crippen LogP contribution in [-0.4, -0.2) is 42.7 Å². The molecule has 1 amide bonds. The van der Waals surface area contributed by atoms with Gasteiger partial charge in [0.25, 0.3) is 0 Å². The highest BCUT2D eigenvalue weighted by atomic mass is 19.4. The van der Waals surface area contributed by atoms with Crippen molar-refractivity contribution in [3.8, 4) is 5.75 Å². The number of para-hydroxylation sites is 1. The molecule has 0 bridgehead atoms.